The monoisotopic (exact) mass is 321 g/mol. The number of rotatable bonds is 6. The largest absolute Gasteiger partial charge is 0.544 e. The van der Waals surface area contributed by atoms with Gasteiger partial charge in [-0.2, -0.15) is 0 Å². The Labute approximate surface area is 136 Å². The van der Waals surface area contributed by atoms with E-state index >= 15 is 0 Å². The van der Waals surface area contributed by atoms with E-state index in [9.17, 15) is 14.7 Å². The van der Waals surface area contributed by atoms with Crippen molar-refractivity contribution in [3.63, 3.8) is 0 Å². The number of nitrogens with two attached hydrogens (primary N) is 1. The zero-order valence-corrected chi connectivity index (χ0v) is 13.7. The van der Waals surface area contributed by atoms with E-state index in [1.54, 1.807) is 0 Å². The van der Waals surface area contributed by atoms with Gasteiger partial charge in [0.1, 0.15) is 32.2 Å². The number of hydrogen-bond donors (Lipinski definition) is 3. The van der Waals surface area contributed by atoms with Gasteiger partial charge in [0.25, 0.3) is 0 Å². The predicted molar refractivity (Wildman–Crippen MR) is 85.2 cm³/mol. The number of aliphatic carboxylic acids is 1. The summed E-state index contributed by atoms with van der Waals surface area (Å²) in [4.78, 5) is 26.4. The van der Waals surface area contributed by atoms with Gasteiger partial charge in [0.2, 0.25) is 5.91 Å². The maximum Gasteiger partial charge on any atom is 0.230 e. The van der Waals surface area contributed by atoms with Gasteiger partial charge in [0.05, 0.1) is 12.4 Å². The van der Waals surface area contributed by atoms with Crippen molar-refractivity contribution in [1.29, 1.82) is 0 Å². The summed E-state index contributed by atoms with van der Waals surface area (Å²) in [6.45, 7) is 3.24. The van der Waals surface area contributed by atoms with E-state index in [4.69, 9.17) is 0 Å². The van der Waals surface area contributed by atoms with Crippen molar-refractivity contribution in [2.24, 2.45) is 0 Å². The van der Waals surface area contributed by atoms with Crippen LogP contribution in [-0.4, -0.2) is 58.2 Å². The summed E-state index contributed by atoms with van der Waals surface area (Å²) in [5.74, 6) is -1.45. The maximum absolute atomic E-state index is 12.2. The molecule has 7 heteroatoms. The SMILES string of the molecule is CN(C)c1ccc(NC(=O)C[C@@H](C(=O)[O-])[NH+]2CC[NH2+]CC2)cc1. The van der Waals surface area contributed by atoms with Gasteiger partial charge in [-0.1, -0.05) is 0 Å². The summed E-state index contributed by atoms with van der Waals surface area (Å²) in [6, 6.07) is 6.63. The van der Waals surface area contributed by atoms with Crippen LogP contribution in [0.1, 0.15) is 6.42 Å². The molecule has 0 saturated carbocycles. The number of benzene rings is 1. The molecule has 1 aliphatic rings. The third-order valence-electron chi connectivity index (χ3n) is 4.17. The van der Waals surface area contributed by atoms with Gasteiger partial charge in [-0.25, -0.2) is 0 Å². The molecule has 0 aliphatic carbocycles. The Bertz CT molecular complexity index is 539. The Kier molecular flexibility index (Phi) is 5.95. The van der Waals surface area contributed by atoms with E-state index in [2.05, 4.69) is 10.6 Å². The molecule has 1 fully saturated rings. The third-order valence-corrected chi connectivity index (χ3v) is 4.17. The number of quaternary nitrogens is 2. The number of nitrogens with one attached hydrogen (secondary N) is 2. The lowest BCUT2D eigenvalue weighted by Gasteiger charge is -2.30. The fraction of sp³-hybridized carbons (Fsp3) is 0.500. The highest BCUT2D eigenvalue weighted by Crippen LogP contribution is 2.15. The number of hydrogen-bond acceptors (Lipinski definition) is 4. The lowest BCUT2D eigenvalue weighted by atomic mass is 10.1. The molecule has 0 spiro atoms. The number of piperazine rings is 1. The highest BCUT2D eigenvalue weighted by Gasteiger charge is 2.29. The first-order valence-corrected chi connectivity index (χ1v) is 7.91. The minimum atomic E-state index is -1.15. The Hall–Kier alpha value is -2.12. The molecule has 126 valence electrons. The van der Waals surface area contributed by atoms with Gasteiger partial charge < -0.3 is 30.3 Å². The summed E-state index contributed by atoms with van der Waals surface area (Å²) >= 11 is 0. The van der Waals surface area contributed by atoms with Crippen molar-refractivity contribution in [1.82, 2.24) is 0 Å². The lowest BCUT2D eigenvalue weighted by molar-refractivity contribution is -0.961. The van der Waals surface area contributed by atoms with E-state index in [0.717, 1.165) is 36.8 Å². The average Bonchev–Trinajstić information content (AvgIpc) is 2.53. The quantitative estimate of drug-likeness (QED) is 0.511. The van der Waals surface area contributed by atoms with E-state index < -0.39 is 12.0 Å². The summed E-state index contributed by atoms with van der Waals surface area (Å²) in [5, 5.41) is 16.3. The summed E-state index contributed by atoms with van der Waals surface area (Å²) in [7, 11) is 3.88. The van der Waals surface area contributed by atoms with Gasteiger partial charge in [-0.3, -0.25) is 4.79 Å². The molecule has 7 nitrogen and oxygen atoms in total. The summed E-state index contributed by atoms with van der Waals surface area (Å²) in [5.41, 5.74) is 1.70. The number of anilines is 2. The maximum atomic E-state index is 12.2. The van der Waals surface area contributed by atoms with Crippen LogP contribution in [0.4, 0.5) is 11.4 Å². The predicted octanol–water partition coefficient (Wildman–Crippen LogP) is -3.34. The van der Waals surface area contributed by atoms with Crippen molar-refractivity contribution in [2.75, 3.05) is 50.5 Å². The number of carboxylic acids is 1. The van der Waals surface area contributed by atoms with E-state index in [-0.39, 0.29) is 12.3 Å². The highest BCUT2D eigenvalue weighted by molar-refractivity contribution is 5.93. The summed E-state index contributed by atoms with van der Waals surface area (Å²) in [6.07, 6.45) is -0.0624. The van der Waals surface area contributed by atoms with Gasteiger partial charge in [0, 0.05) is 25.5 Å². The van der Waals surface area contributed by atoms with Gasteiger partial charge in [-0.05, 0) is 24.3 Å². The van der Waals surface area contributed by atoms with Gasteiger partial charge in [0.15, 0.2) is 0 Å². The smallest absolute Gasteiger partial charge is 0.230 e. The molecular weight excluding hydrogens is 296 g/mol. The number of nitrogens with zero attached hydrogens (tertiary/aromatic N) is 1. The second-order valence-corrected chi connectivity index (χ2v) is 6.09. The molecule has 0 aromatic heterocycles. The van der Waals surface area contributed by atoms with Crippen LogP contribution in [-0.2, 0) is 9.59 Å². The molecule has 1 heterocycles. The molecule has 2 rings (SSSR count). The first-order chi connectivity index (χ1) is 11.0. The van der Waals surface area contributed by atoms with Crippen molar-refractivity contribution < 1.29 is 24.9 Å². The van der Waals surface area contributed by atoms with Crippen LogP contribution in [0.5, 0.6) is 0 Å². The number of carbonyl (C=O) groups excluding carboxylic acids is 2. The minimum absolute atomic E-state index is 0.0624. The second kappa shape index (κ2) is 7.94. The molecule has 1 amide bonds. The van der Waals surface area contributed by atoms with Crippen molar-refractivity contribution in [2.45, 2.75) is 12.5 Å². The van der Waals surface area contributed by atoms with Crippen LogP contribution in [0.3, 0.4) is 0 Å². The molecule has 1 atom stereocenters. The molecule has 4 N–H and O–H groups in total. The second-order valence-electron chi connectivity index (χ2n) is 6.09. The van der Waals surface area contributed by atoms with E-state index in [1.807, 2.05) is 43.3 Å². The molecule has 1 aromatic carbocycles. The Morgan fingerprint density at radius 2 is 1.87 bits per heavy atom. The van der Waals surface area contributed by atoms with Crippen LogP contribution in [0.2, 0.25) is 0 Å². The Morgan fingerprint density at radius 1 is 1.26 bits per heavy atom. The van der Waals surface area contributed by atoms with Gasteiger partial charge >= 0.3 is 0 Å². The summed E-state index contributed by atoms with van der Waals surface area (Å²) < 4.78 is 0. The van der Waals surface area contributed by atoms with Crippen LogP contribution in [0.25, 0.3) is 0 Å². The zero-order chi connectivity index (χ0) is 16.8. The topological polar surface area (TPSA) is 93.5 Å². The first-order valence-electron chi connectivity index (χ1n) is 7.91. The molecule has 1 aromatic rings. The first kappa shape index (κ1) is 17.2. The molecule has 1 saturated heterocycles. The zero-order valence-electron chi connectivity index (χ0n) is 13.7. The Balaban J connectivity index is 1.94. The van der Waals surface area contributed by atoms with Crippen LogP contribution in [0.15, 0.2) is 24.3 Å². The van der Waals surface area contributed by atoms with Crippen LogP contribution >= 0.6 is 0 Å². The van der Waals surface area contributed by atoms with Gasteiger partial charge in [-0.15, -0.1) is 0 Å². The molecule has 0 radical (unpaired) electrons. The van der Waals surface area contributed by atoms with Crippen LogP contribution < -0.4 is 25.5 Å². The van der Waals surface area contributed by atoms with Crippen molar-refractivity contribution >= 4 is 23.3 Å². The van der Waals surface area contributed by atoms with Crippen molar-refractivity contribution in [3.8, 4) is 0 Å². The lowest BCUT2D eigenvalue weighted by Crippen LogP contribution is -3.24. The van der Waals surface area contributed by atoms with Crippen LogP contribution in [0, 0.1) is 0 Å². The number of amides is 1. The fourth-order valence-corrected chi connectivity index (χ4v) is 2.83. The fourth-order valence-electron chi connectivity index (χ4n) is 2.83. The molecule has 0 unspecified atom stereocenters. The van der Waals surface area contributed by atoms with E-state index in [1.165, 1.54) is 0 Å². The molecule has 1 aliphatic heterocycles. The molecular formula is C16H25N4O3+. The standard InChI is InChI=1S/C16H24N4O3/c1-19(2)13-5-3-12(4-6-13)18-15(21)11-14(16(22)23)20-9-7-17-8-10-20/h3-6,14,17H,7-11H2,1-2H3,(H,18,21)(H,22,23)/p+1/t14-/m0/s1. The highest BCUT2D eigenvalue weighted by atomic mass is 16.4. The third kappa shape index (κ3) is 4.94. The number of carboxylic acid groups (broad SMARTS) is 1. The Morgan fingerprint density at radius 3 is 2.39 bits per heavy atom. The van der Waals surface area contributed by atoms with Crippen molar-refractivity contribution in [3.05, 3.63) is 24.3 Å². The number of carbonyl (C=O) groups is 2. The molecule has 0 bridgehead atoms. The van der Waals surface area contributed by atoms with E-state index in [0.29, 0.717) is 5.69 Å². The molecule has 23 heavy (non-hydrogen) atoms. The minimum Gasteiger partial charge on any atom is -0.544 e. The average molecular weight is 321 g/mol. The normalized spacial score (nSPS) is 16.6.